The molecule has 0 fully saturated rings. The number of hydrogen-bond acceptors (Lipinski definition) is 3. The molecule has 7 heteroatoms. The van der Waals surface area contributed by atoms with Crippen molar-refractivity contribution >= 4 is 39.5 Å². The highest BCUT2D eigenvalue weighted by atomic mass is 79.9. The fourth-order valence-corrected chi connectivity index (χ4v) is 3.75. The summed E-state index contributed by atoms with van der Waals surface area (Å²) in [5.41, 5.74) is 1.91. The van der Waals surface area contributed by atoms with Gasteiger partial charge in [-0.1, -0.05) is 40.2 Å². The average molecular weight is 467 g/mol. The SMILES string of the molecule is CCNC(=O)[C@H](C)N(Cc1ccc(F)cc1)C(=O)CSCc1ccc(Br)cc1. The molecule has 0 radical (unpaired) electrons. The van der Waals surface area contributed by atoms with E-state index in [-0.39, 0.29) is 29.9 Å². The molecule has 0 aliphatic carbocycles. The van der Waals surface area contributed by atoms with Crippen LogP contribution >= 0.6 is 27.7 Å². The Morgan fingerprint density at radius 1 is 1.11 bits per heavy atom. The lowest BCUT2D eigenvalue weighted by Gasteiger charge is -2.28. The third-order valence-corrected chi connectivity index (χ3v) is 5.71. The fourth-order valence-electron chi connectivity index (χ4n) is 2.61. The van der Waals surface area contributed by atoms with Gasteiger partial charge >= 0.3 is 0 Å². The standard InChI is InChI=1S/C21H24BrFN2O2S/c1-3-24-21(27)15(2)25(12-16-6-10-19(23)11-7-16)20(26)14-28-13-17-4-8-18(22)9-5-17/h4-11,15H,3,12-14H2,1-2H3,(H,24,27)/t15-/m0/s1. The Morgan fingerprint density at radius 3 is 2.32 bits per heavy atom. The summed E-state index contributed by atoms with van der Waals surface area (Å²) in [6, 6.07) is 13.3. The number of benzene rings is 2. The van der Waals surface area contributed by atoms with Gasteiger partial charge < -0.3 is 10.2 Å². The van der Waals surface area contributed by atoms with Gasteiger partial charge in [0.15, 0.2) is 0 Å². The largest absolute Gasteiger partial charge is 0.355 e. The third kappa shape index (κ3) is 6.95. The Balaban J connectivity index is 2.03. The maximum absolute atomic E-state index is 13.2. The second-order valence-electron chi connectivity index (χ2n) is 6.34. The van der Waals surface area contributed by atoms with Crippen LogP contribution in [0, 0.1) is 5.82 Å². The van der Waals surface area contributed by atoms with E-state index in [0.717, 1.165) is 15.6 Å². The molecule has 2 aromatic rings. The van der Waals surface area contributed by atoms with Gasteiger partial charge in [0.05, 0.1) is 5.75 Å². The predicted molar refractivity (Wildman–Crippen MR) is 115 cm³/mol. The van der Waals surface area contributed by atoms with E-state index >= 15 is 0 Å². The van der Waals surface area contributed by atoms with Crippen LogP contribution in [0.3, 0.4) is 0 Å². The normalized spacial score (nSPS) is 11.7. The van der Waals surface area contributed by atoms with Crippen molar-refractivity contribution in [3.8, 4) is 0 Å². The van der Waals surface area contributed by atoms with Gasteiger partial charge in [-0.05, 0) is 49.2 Å². The first-order valence-electron chi connectivity index (χ1n) is 9.04. The van der Waals surface area contributed by atoms with Crippen LogP contribution in [0.4, 0.5) is 4.39 Å². The maximum atomic E-state index is 13.2. The summed E-state index contributed by atoms with van der Waals surface area (Å²) in [6.45, 7) is 4.31. The zero-order chi connectivity index (χ0) is 20.5. The molecular weight excluding hydrogens is 443 g/mol. The van der Waals surface area contributed by atoms with Crippen molar-refractivity contribution in [2.24, 2.45) is 0 Å². The number of halogens is 2. The summed E-state index contributed by atoms with van der Waals surface area (Å²) < 4.78 is 14.2. The second kappa shape index (κ2) is 11.2. The summed E-state index contributed by atoms with van der Waals surface area (Å²) in [5, 5.41) is 2.76. The number of rotatable bonds is 9. The van der Waals surface area contributed by atoms with Crippen LogP contribution in [0.15, 0.2) is 53.0 Å². The minimum absolute atomic E-state index is 0.120. The molecule has 0 aliphatic heterocycles. The topological polar surface area (TPSA) is 49.4 Å². The maximum Gasteiger partial charge on any atom is 0.242 e. The molecular formula is C21H24BrFN2O2S. The Hall–Kier alpha value is -1.86. The fraction of sp³-hybridized carbons (Fsp3) is 0.333. The Kier molecular flexibility index (Phi) is 8.99. The van der Waals surface area contributed by atoms with Crippen molar-refractivity contribution in [3.05, 3.63) is 69.9 Å². The van der Waals surface area contributed by atoms with Crippen LogP contribution in [-0.4, -0.2) is 35.1 Å². The lowest BCUT2D eigenvalue weighted by atomic mass is 10.1. The second-order valence-corrected chi connectivity index (χ2v) is 8.24. The summed E-state index contributed by atoms with van der Waals surface area (Å²) in [4.78, 5) is 26.7. The van der Waals surface area contributed by atoms with Crippen LogP contribution in [-0.2, 0) is 21.9 Å². The van der Waals surface area contributed by atoms with Crippen molar-refractivity contribution in [2.75, 3.05) is 12.3 Å². The highest BCUT2D eigenvalue weighted by Crippen LogP contribution is 2.18. The third-order valence-electron chi connectivity index (χ3n) is 4.19. The first-order valence-corrected chi connectivity index (χ1v) is 11.0. The molecule has 28 heavy (non-hydrogen) atoms. The van der Waals surface area contributed by atoms with Gasteiger partial charge in [-0.25, -0.2) is 4.39 Å². The predicted octanol–water partition coefficient (Wildman–Crippen LogP) is 4.37. The first-order chi connectivity index (χ1) is 13.4. The van der Waals surface area contributed by atoms with Gasteiger partial charge in [0, 0.05) is 23.3 Å². The van der Waals surface area contributed by atoms with E-state index in [4.69, 9.17) is 0 Å². The molecule has 2 amide bonds. The van der Waals surface area contributed by atoms with Crippen molar-refractivity contribution in [3.63, 3.8) is 0 Å². The van der Waals surface area contributed by atoms with E-state index in [0.29, 0.717) is 12.3 Å². The molecule has 4 nitrogen and oxygen atoms in total. The van der Waals surface area contributed by atoms with Crippen LogP contribution < -0.4 is 5.32 Å². The zero-order valence-corrected chi connectivity index (χ0v) is 18.4. The number of amides is 2. The van der Waals surface area contributed by atoms with Crippen molar-refractivity contribution in [2.45, 2.75) is 32.2 Å². The number of carbonyl (C=O) groups excluding carboxylic acids is 2. The molecule has 0 aromatic heterocycles. The summed E-state index contributed by atoms with van der Waals surface area (Å²) in [5.74, 6) is 0.324. The van der Waals surface area contributed by atoms with E-state index in [1.165, 1.54) is 23.9 Å². The summed E-state index contributed by atoms with van der Waals surface area (Å²) in [6.07, 6.45) is 0. The monoisotopic (exact) mass is 466 g/mol. The Bertz CT molecular complexity index is 784. The number of nitrogens with one attached hydrogen (secondary N) is 1. The van der Waals surface area contributed by atoms with Crippen molar-refractivity contribution < 1.29 is 14.0 Å². The van der Waals surface area contributed by atoms with Gasteiger partial charge in [0.1, 0.15) is 11.9 Å². The van der Waals surface area contributed by atoms with E-state index in [2.05, 4.69) is 21.2 Å². The molecule has 1 atom stereocenters. The molecule has 0 spiro atoms. The molecule has 0 unspecified atom stereocenters. The molecule has 0 saturated carbocycles. The van der Waals surface area contributed by atoms with Gasteiger partial charge in [0.25, 0.3) is 0 Å². The van der Waals surface area contributed by atoms with Crippen molar-refractivity contribution in [1.82, 2.24) is 10.2 Å². The number of hydrogen-bond donors (Lipinski definition) is 1. The quantitative estimate of drug-likeness (QED) is 0.596. The zero-order valence-electron chi connectivity index (χ0n) is 16.0. The molecule has 0 saturated heterocycles. The number of carbonyl (C=O) groups is 2. The van der Waals surface area contributed by atoms with Crippen LogP contribution in [0.2, 0.25) is 0 Å². The van der Waals surface area contributed by atoms with Gasteiger partial charge in [-0.15, -0.1) is 11.8 Å². The molecule has 0 aliphatic rings. The minimum Gasteiger partial charge on any atom is -0.355 e. The molecule has 0 bridgehead atoms. The van der Waals surface area contributed by atoms with E-state index in [1.54, 1.807) is 24.0 Å². The summed E-state index contributed by atoms with van der Waals surface area (Å²) in [7, 11) is 0. The average Bonchev–Trinajstić information content (AvgIpc) is 2.68. The van der Waals surface area contributed by atoms with Crippen LogP contribution in [0.5, 0.6) is 0 Å². The lowest BCUT2D eigenvalue weighted by molar-refractivity contribution is -0.138. The van der Waals surface area contributed by atoms with Gasteiger partial charge in [-0.2, -0.15) is 0 Å². The van der Waals surface area contributed by atoms with E-state index < -0.39 is 6.04 Å². The molecule has 1 N–H and O–H groups in total. The van der Waals surface area contributed by atoms with Crippen LogP contribution in [0.25, 0.3) is 0 Å². The molecule has 0 heterocycles. The number of nitrogens with zero attached hydrogens (tertiary/aromatic N) is 1. The van der Waals surface area contributed by atoms with Gasteiger partial charge in [-0.3, -0.25) is 9.59 Å². The highest BCUT2D eigenvalue weighted by molar-refractivity contribution is 9.10. The lowest BCUT2D eigenvalue weighted by Crippen LogP contribution is -2.48. The highest BCUT2D eigenvalue weighted by Gasteiger charge is 2.25. The Morgan fingerprint density at radius 2 is 1.71 bits per heavy atom. The van der Waals surface area contributed by atoms with E-state index in [9.17, 15) is 14.0 Å². The first kappa shape index (κ1) is 22.4. The molecule has 2 rings (SSSR count). The summed E-state index contributed by atoms with van der Waals surface area (Å²) >= 11 is 4.91. The Labute approximate surface area is 178 Å². The molecule has 2 aromatic carbocycles. The number of thioether (sulfide) groups is 1. The van der Waals surface area contributed by atoms with Gasteiger partial charge in [0.2, 0.25) is 11.8 Å². The molecule has 150 valence electrons. The minimum atomic E-state index is -0.606. The van der Waals surface area contributed by atoms with Crippen molar-refractivity contribution in [1.29, 1.82) is 0 Å². The van der Waals surface area contributed by atoms with Crippen LogP contribution in [0.1, 0.15) is 25.0 Å². The van der Waals surface area contributed by atoms with E-state index in [1.807, 2.05) is 31.2 Å². The number of likely N-dealkylation sites (N-methyl/N-ethyl adjacent to an activating group) is 1. The smallest absolute Gasteiger partial charge is 0.242 e.